The fraction of sp³-hybridized carbons (Fsp3) is 0.188. The van der Waals surface area contributed by atoms with Crippen LogP contribution in [-0.4, -0.2) is 25.1 Å². The summed E-state index contributed by atoms with van der Waals surface area (Å²) in [5, 5.41) is 2.44. The van der Waals surface area contributed by atoms with Crippen molar-refractivity contribution < 1.29 is 36.2 Å². The Labute approximate surface area is 149 Å². The summed E-state index contributed by atoms with van der Waals surface area (Å²) in [4.78, 5) is 12.1. The molecular weight excluding hydrogens is 381 g/mol. The molecule has 0 aliphatic carbocycles. The fourth-order valence-corrected chi connectivity index (χ4v) is 2.49. The topological polar surface area (TPSA) is 47.6 Å². The number of anilines is 1. The van der Waals surface area contributed by atoms with Crippen molar-refractivity contribution >= 4 is 23.4 Å². The molecule has 2 rings (SSSR count). The van der Waals surface area contributed by atoms with Crippen molar-refractivity contribution in [3.8, 4) is 11.5 Å². The van der Waals surface area contributed by atoms with Crippen LogP contribution in [0.3, 0.4) is 0 Å². The van der Waals surface area contributed by atoms with Gasteiger partial charge in [-0.05, 0) is 48.2 Å². The molecular formula is C16H12F5NO3S. The number of nitrogens with one attached hydrogen (secondary N) is 1. The Hall–Kier alpha value is -2.49. The molecule has 0 spiro atoms. The van der Waals surface area contributed by atoms with Crippen LogP contribution >= 0.6 is 11.8 Å². The summed E-state index contributed by atoms with van der Waals surface area (Å²) in [5.41, 5.74) is -4.17. The van der Waals surface area contributed by atoms with Gasteiger partial charge in [0.25, 0.3) is 5.91 Å². The molecule has 0 aliphatic heterocycles. The first-order valence-electron chi connectivity index (χ1n) is 6.98. The van der Waals surface area contributed by atoms with Gasteiger partial charge in [-0.2, -0.15) is 22.0 Å². The van der Waals surface area contributed by atoms with E-state index in [2.05, 4.69) is 10.1 Å². The number of hydrogen-bond acceptors (Lipinski definition) is 4. The van der Waals surface area contributed by atoms with E-state index in [0.717, 1.165) is 18.2 Å². The molecule has 0 radical (unpaired) electrons. The molecule has 0 saturated carbocycles. The smallest absolute Gasteiger partial charge is 0.446 e. The molecule has 0 aromatic heterocycles. The molecule has 1 N–H and O–H groups in total. The van der Waals surface area contributed by atoms with Crippen LogP contribution in [0.25, 0.3) is 0 Å². The second-order valence-corrected chi connectivity index (χ2v) is 5.91. The molecule has 0 heterocycles. The van der Waals surface area contributed by atoms with Crippen molar-refractivity contribution in [3.63, 3.8) is 0 Å². The highest BCUT2D eigenvalue weighted by Gasteiger charge is 2.29. The van der Waals surface area contributed by atoms with E-state index in [9.17, 15) is 26.7 Å². The molecule has 26 heavy (non-hydrogen) atoms. The Morgan fingerprint density at radius 3 is 2.27 bits per heavy atom. The lowest BCUT2D eigenvalue weighted by Crippen LogP contribution is -2.12. The number of rotatable bonds is 6. The molecule has 10 heteroatoms. The van der Waals surface area contributed by atoms with Gasteiger partial charge in [0.1, 0.15) is 0 Å². The maximum atomic E-state index is 12.4. The van der Waals surface area contributed by atoms with E-state index in [4.69, 9.17) is 4.74 Å². The highest BCUT2D eigenvalue weighted by Crippen LogP contribution is 2.37. The van der Waals surface area contributed by atoms with Gasteiger partial charge in [-0.15, -0.1) is 0 Å². The third kappa shape index (κ3) is 5.80. The van der Waals surface area contributed by atoms with Gasteiger partial charge >= 0.3 is 12.1 Å². The maximum Gasteiger partial charge on any atom is 0.446 e. The Bertz CT molecular complexity index is 765. The number of carbonyl (C=O) groups excluding carboxylic acids is 1. The van der Waals surface area contributed by atoms with Crippen molar-refractivity contribution in [3.05, 3.63) is 48.0 Å². The van der Waals surface area contributed by atoms with Crippen molar-refractivity contribution in [1.82, 2.24) is 0 Å². The van der Waals surface area contributed by atoms with Crippen molar-refractivity contribution in [2.24, 2.45) is 0 Å². The van der Waals surface area contributed by atoms with Crippen LogP contribution < -0.4 is 14.8 Å². The molecule has 1 amide bonds. The Morgan fingerprint density at radius 1 is 1.08 bits per heavy atom. The minimum Gasteiger partial charge on any atom is -0.493 e. The summed E-state index contributed by atoms with van der Waals surface area (Å²) < 4.78 is 70.9. The second-order valence-electron chi connectivity index (χ2n) is 4.77. The SMILES string of the molecule is COc1ccc(NC(=O)c2ccc(SC(F)(F)F)cc2)cc1OC(F)F. The number of methoxy groups -OCH3 is 1. The molecule has 0 atom stereocenters. The van der Waals surface area contributed by atoms with E-state index in [0.29, 0.717) is 0 Å². The third-order valence-electron chi connectivity index (χ3n) is 2.99. The number of hydrogen-bond donors (Lipinski definition) is 1. The summed E-state index contributed by atoms with van der Waals surface area (Å²) >= 11 is -0.296. The molecule has 0 aliphatic rings. The van der Waals surface area contributed by atoms with Crippen LogP contribution in [0.2, 0.25) is 0 Å². The van der Waals surface area contributed by atoms with E-state index in [1.807, 2.05) is 0 Å². The predicted octanol–water partition coefficient (Wildman–Crippen LogP) is 5.16. The summed E-state index contributed by atoms with van der Waals surface area (Å²) in [6.07, 6.45) is 0. The maximum absolute atomic E-state index is 12.4. The van der Waals surface area contributed by atoms with Crippen molar-refractivity contribution in [2.75, 3.05) is 12.4 Å². The molecule has 4 nitrogen and oxygen atoms in total. The van der Waals surface area contributed by atoms with E-state index >= 15 is 0 Å². The van der Waals surface area contributed by atoms with Gasteiger partial charge in [0.15, 0.2) is 11.5 Å². The van der Waals surface area contributed by atoms with Crippen LogP contribution in [0.4, 0.5) is 27.6 Å². The summed E-state index contributed by atoms with van der Waals surface area (Å²) in [5.74, 6) is -0.837. The van der Waals surface area contributed by atoms with Gasteiger partial charge in [0, 0.05) is 22.2 Å². The molecule has 0 bridgehead atoms. The van der Waals surface area contributed by atoms with Crippen LogP contribution in [0, 0.1) is 0 Å². The van der Waals surface area contributed by atoms with Crippen LogP contribution in [0.15, 0.2) is 47.4 Å². The van der Waals surface area contributed by atoms with Gasteiger partial charge in [-0.25, -0.2) is 0 Å². The monoisotopic (exact) mass is 393 g/mol. The second kappa shape index (κ2) is 8.26. The summed E-state index contributed by atoms with van der Waals surface area (Å²) in [6, 6.07) is 8.65. The molecule has 0 unspecified atom stereocenters. The van der Waals surface area contributed by atoms with Crippen molar-refractivity contribution in [2.45, 2.75) is 17.0 Å². The van der Waals surface area contributed by atoms with E-state index in [-0.39, 0.29) is 39.4 Å². The Kier molecular flexibility index (Phi) is 6.30. The molecule has 0 saturated heterocycles. The number of amides is 1. The van der Waals surface area contributed by atoms with Gasteiger partial charge in [-0.3, -0.25) is 4.79 Å². The number of alkyl halides is 5. The standard InChI is InChI=1S/C16H12F5NO3S/c1-24-12-7-4-10(8-13(12)25-15(17)18)22-14(23)9-2-5-11(6-3-9)26-16(19,20)21/h2-8,15H,1H3,(H,22,23). The normalized spacial score (nSPS) is 11.3. The van der Waals surface area contributed by atoms with Crippen LogP contribution in [-0.2, 0) is 0 Å². The zero-order valence-corrected chi connectivity index (χ0v) is 14.0. The zero-order chi connectivity index (χ0) is 19.3. The summed E-state index contributed by atoms with van der Waals surface area (Å²) in [6.45, 7) is -3.08. The van der Waals surface area contributed by atoms with Crippen LogP contribution in [0.1, 0.15) is 10.4 Å². The predicted molar refractivity (Wildman–Crippen MR) is 85.9 cm³/mol. The molecule has 2 aromatic rings. The molecule has 2 aromatic carbocycles. The first-order chi connectivity index (χ1) is 12.2. The number of thioether (sulfide) groups is 1. The summed E-state index contributed by atoms with van der Waals surface area (Å²) in [7, 11) is 1.27. The lowest BCUT2D eigenvalue weighted by molar-refractivity contribution is -0.0511. The van der Waals surface area contributed by atoms with E-state index in [1.165, 1.54) is 31.4 Å². The van der Waals surface area contributed by atoms with Gasteiger partial charge in [0.05, 0.1) is 7.11 Å². The quantitative estimate of drug-likeness (QED) is 0.544. The average molecular weight is 393 g/mol. The van der Waals surface area contributed by atoms with E-state index < -0.39 is 18.0 Å². The first-order valence-corrected chi connectivity index (χ1v) is 7.79. The average Bonchev–Trinajstić information content (AvgIpc) is 2.53. The van der Waals surface area contributed by atoms with Gasteiger partial charge in [-0.1, -0.05) is 0 Å². The minimum absolute atomic E-state index is 0.0526. The van der Waals surface area contributed by atoms with E-state index in [1.54, 1.807) is 0 Å². The lowest BCUT2D eigenvalue weighted by Gasteiger charge is -2.12. The number of ether oxygens (including phenoxy) is 2. The fourth-order valence-electron chi connectivity index (χ4n) is 1.95. The Balaban J connectivity index is 2.11. The highest BCUT2D eigenvalue weighted by atomic mass is 32.2. The minimum atomic E-state index is -4.42. The highest BCUT2D eigenvalue weighted by molar-refractivity contribution is 8.00. The zero-order valence-electron chi connectivity index (χ0n) is 13.1. The Morgan fingerprint density at radius 2 is 1.73 bits per heavy atom. The number of halogens is 5. The number of carbonyl (C=O) groups is 1. The first kappa shape index (κ1) is 19.8. The molecule has 140 valence electrons. The third-order valence-corrected chi connectivity index (χ3v) is 3.73. The van der Waals surface area contributed by atoms with Crippen LogP contribution in [0.5, 0.6) is 11.5 Å². The molecule has 0 fully saturated rings. The lowest BCUT2D eigenvalue weighted by atomic mass is 10.2. The number of benzene rings is 2. The van der Waals surface area contributed by atoms with Gasteiger partial charge in [0.2, 0.25) is 0 Å². The van der Waals surface area contributed by atoms with Gasteiger partial charge < -0.3 is 14.8 Å². The van der Waals surface area contributed by atoms with Crippen molar-refractivity contribution in [1.29, 1.82) is 0 Å². The largest absolute Gasteiger partial charge is 0.493 e.